The molecule has 0 aliphatic rings. The third-order valence-electron chi connectivity index (χ3n) is 5.32. The van der Waals surface area contributed by atoms with E-state index < -0.39 is 0 Å². The first-order valence-corrected chi connectivity index (χ1v) is 12.3. The number of carbonyl (C=O) groups excluding carboxylic acids is 1. The fraction of sp³-hybridized carbons (Fsp3) is 0.231. The minimum Gasteiger partial charge on any atom is -0.383 e. The van der Waals surface area contributed by atoms with Crippen LogP contribution in [0, 0.1) is 12.7 Å². The van der Waals surface area contributed by atoms with Crippen LogP contribution in [0.15, 0.2) is 58.3 Å². The molecule has 8 nitrogen and oxygen atoms in total. The van der Waals surface area contributed by atoms with Crippen molar-refractivity contribution in [2.75, 3.05) is 25.1 Å². The summed E-state index contributed by atoms with van der Waals surface area (Å²) < 4.78 is 18.6. The molecule has 4 rings (SSSR count). The highest BCUT2D eigenvalue weighted by Crippen LogP contribution is 2.30. The zero-order valence-electron chi connectivity index (χ0n) is 19.9. The average Bonchev–Trinajstić information content (AvgIpc) is 3.36. The maximum atomic E-state index is 13.2. The number of nitrogens with one attached hydrogen (secondary N) is 3. The van der Waals surface area contributed by atoms with E-state index in [0.29, 0.717) is 47.1 Å². The van der Waals surface area contributed by atoms with Crippen LogP contribution in [0.5, 0.6) is 0 Å². The molecule has 0 radical (unpaired) electrons. The number of carbonyl (C=O) groups is 1. The lowest BCUT2D eigenvalue weighted by molar-refractivity contribution is 0.0982. The topological polar surface area (TPSA) is 108 Å². The van der Waals surface area contributed by atoms with E-state index in [1.807, 2.05) is 19.1 Å². The first-order valence-electron chi connectivity index (χ1n) is 11.5. The van der Waals surface area contributed by atoms with Gasteiger partial charge in [0, 0.05) is 24.6 Å². The van der Waals surface area contributed by atoms with Crippen molar-refractivity contribution in [3.05, 3.63) is 75.3 Å². The van der Waals surface area contributed by atoms with Crippen LogP contribution in [-0.2, 0) is 4.74 Å². The molecule has 2 aromatic heterocycles. The zero-order valence-corrected chi connectivity index (χ0v) is 20.7. The van der Waals surface area contributed by atoms with Crippen molar-refractivity contribution >= 4 is 46.0 Å². The summed E-state index contributed by atoms with van der Waals surface area (Å²) in [7, 11) is 0. The number of thiophene rings is 1. The molecule has 186 valence electrons. The Morgan fingerprint density at radius 3 is 2.81 bits per heavy atom. The fourth-order valence-electron chi connectivity index (χ4n) is 3.46. The summed E-state index contributed by atoms with van der Waals surface area (Å²) >= 11 is 1.30. The molecule has 0 spiro atoms. The quantitative estimate of drug-likeness (QED) is 0.159. The zero-order chi connectivity index (χ0) is 25.5. The number of aliphatic imine (C=N–C) groups is 1. The predicted molar refractivity (Wildman–Crippen MR) is 142 cm³/mol. The van der Waals surface area contributed by atoms with E-state index in [1.54, 1.807) is 31.2 Å². The number of ether oxygens (including phenoxy) is 1. The van der Waals surface area contributed by atoms with Gasteiger partial charge in [-0.05, 0) is 62.2 Å². The molecule has 0 fully saturated rings. The molecular formula is C26H26FN5O3S. The van der Waals surface area contributed by atoms with Crippen molar-refractivity contribution in [2.24, 2.45) is 4.99 Å². The maximum Gasteiger partial charge on any atom is 0.269 e. The van der Waals surface area contributed by atoms with Crippen LogP contribution in [0.25, 0.3) is 21.5 Å². The normalized spacial score (nSPS) is 11.3. The molecule has 0 unspecified atom stereocenters. The van der Waals surface area contributed by atoms with E-state index in [0.717, 1.165) is 22.5 Å². The Balaban J connectivity index is 1.50. The van der Waals surface area contributed by atoms with Gasteiger partial charge < -0.3 is 20.4 Å². The Kier molecular flexibility index (Phi) is 8.19. The molecule has 0 aliphatic carbocycles. The summed E-state index contributed by atoms with van der Waals surface area (Å²) in [5.41, 5.74) is 3.39. The van der Waals surface area contributed by atoms with Crippen LogP contribution in [0.1, 0.15) is 28.7 Å². The number of hydrogen-bond donors (Lipinski definition) is 3. The van der Waals surface area contributed by atoms with Crippen molar-refractivity contribution < 1.29 is 13.9 Å². The minimum absolute atomic E-state index is 0.266. The predicted octanol–water partition coefficient (Wildman–Crippen LogP) is 5.03. The summed E-state index contributed by atoms with van der Waals surface area (Å²) in [5.74, 6) is -0.619. The van der Waals surface area contributed by atoms with Crippen LogP contribution in [0.2, 0.25) is 0 Å². The number of hydrogen-bond acceptors (Lipinski definition) is 7. The number of halogens is 1. The number of rotatable bonds is 10. The van der Waals surface area contributed by atoms with E-state index in [1.165, 1.54) is 29.8 Å². The van der Waals surface area contributed by atoms with Gasteiger partial charge in [0.1, 0.15) is 11.5 Å². The van der Waals surface area contributed by atoms with Gasteiger partial charge in [-0.3, -0.25) is 9.59 Å². The molecule has 1 amide bonds. The summed E-state index contributed by atoms with van der Waals surface area (Å²) in [4.78, 5) is 37.6. The van der Waals surface area contributed by atoms with Gasteiger partial charge in [-0.25, -0.2) is 14.4 Å². The van der Waals surface area contributed by atoms with Gasteiger partial charge >= 0.3 is 0 Å². The molecule has 0 saturated carbocycles. The van der Waals surface area contributed by atoms with E-state index in [2.05, 4.69) is 25.6 Å². The van der Waals surface area contributed by atoms with Gasteiger partial charge in [0.2, 0.25) is 0 Å². The number of fused-ring (bicyclic) bond motifs is 1. The Morgan fingerprint density at radius 2 is 2.03 bits per heavy atom. The third kappa shape index (κ3) is 6.21. The number of benzene rings is 2. The highest BCUT2D eigenvalue weighted by Gasteiger charge is 2.11. The standard InChI is InChI=1S/C26H26FN5O3S/c1-3-35-12-4-11-28-19-13-21-22(32-25(33)16(2)31-21)14-20(19)29-15-30-26(34)24-10-9-23(36-24)17-5-7-18(27)8-6-17/h5-10,13-15,28H,3-4,11-12H2,1-2H3,(H,32,33)(H,29,30,34). The SMILES string of the molecule is CCOCCCNc1cc2nc(C)c(=O)[nH]c2cc1N=CNC(=O)c1ccc(-c2ccc(F)cc2)s1. The van der Waals surface area contributed by atoms with Crippen molar-refractivity contribution in [3.63, 3.8) is 0 Å². The van der Waals surface area contributed by atoms with Gasteiger partial charge in [0.15, 0.2) is 0 Å². The lowest BCUT2D eigenvalue weighted by Crippen LogP contribution is -2.20. The van der Waals surface area contributed by atoms with Crippen molar-refractivity contribution in [3.8, 4) is 10.4 Å². The van der Waals surface area contributed by atoms with Crippen LogP contribution < -0.4 is 16.2 Å². The van der Waals surface area contributed by atoms with Crippen LogP contribution in [-0.4, -0.2) is 42.0 Å². The number of anilines is 1. The smallest absolute Gasteiger partial charge is 0.269 e. The second-order valence-corrected chi connectivity index (χ2v) is 9.00. The molecule has 3 N–H and O–H groups in total. The van der Waals surface area contributed by atoms with Gasteiger partial charge in [-0.1, -0.05) is 12.1 Å². The summed E-state index contributed by atoms with van der Waals surface area (Å²) in [5, 5.41) is 6.02. The average molecular weight is 508 g/mol. The number of nitrogens with zero attached hydrogens (tertiary/aromatic N) is 2. The van der Waals surface area contributed by atoms with E-state index >= 15 is 0 Å². The number of aromatic amines is 1. The van der Waals surface area contributed by atoms with Gasteiger partial charge in [0.25, 0.3) is 11.5 Å². The lowest BCUT2D eigenvalue weighted by Gasteiger charge is -2.11. The summed E-state index contributed by atoms with van der Waals surface area (Å²) in [6, 6.07) is 13.2. The van der Waals surface area contributed by atoms with E-state index in [4.69, 9.17) is 4.74 Å². The van der Waals surface area contributed by atoms with E-state index in [-0.39, 0.29) is 17.3 Å². The highest BCUT2D eigenvalue weighted by atomic mass is 32.1. The van der Waals surface area contributed by atoms with Crippen molar-refractivity contribution in [1.29, 1.82) is 0 Å². The number of amides is 1. The van der Waals surface area contributed by atoms with Crippen LogP contribution >= 0.6 is 11.3 Å². The lowest BCUT2D eigenvalue weighted by atomic mass is 10.2. The second-order valence-electron chi connectivity index (χ2n) is 7.92. The molecule has 0 bridgehead atoms. The fourth-order valence-corrected chi connectivity index (χ4v) is 4.38. The Morgan fingerprint density at radius 1 is 1.22 bits per heavy atom. The minimum atomic E-state index is -0.310. The number of H-pyrrole nitrogens is 1. The van der Waals surface area contributed by atoms with E-state index in [9.17, 15) is 14.0 Å². The van der Waals surface area contributed by atoms with Crippen molar-refractivity contribution in [2.45, 2.75) is 20.3 Å². The van der Waals surface area contributed by atoms with Gasteiger partial charge in [0.05, 0.1) is 33.6 Å². The monoisotopic (exact) mass is 507 g/mol. The first kappa shape index (κ1) is 25.2. The van der Waals surface area contributed by atoms with Crippen molar-refractivity contribution in [1.82, 2.24) is 15.3 Å². The Hall–Kier alpha value is -3.89. The molecule has 0 saturated heterocycles. The molecular weight excluding hydrogens is 481 g/mol. The largest absolute Gasteiger partial charge is 0.383 e. The van der Waals surface area contributed by atoms with Gasteiger partial charge in [-0.2, -0.15) is 0 Å². The molecule has 0 aliphatic heterocycles. The first-order chi connectivity index (χ1) is 17.4. The summed E-state index contributed by atoms with van der Waals surface area (Å²) in [6.45, 7) is 5.56. The molecule has 10 heteroatoms. The molecule has 36 heavy (non-hydrogen) atoms. The Bertz CT molecular complexity index is 1450. The third-order valence-corrected chi connectivity index (χ3v) is 6.45. The molecule has 2 aromatic carbocycles. The maximum absolute atomic E-state index is 13.2. The highest BCUT2D eigenvalue weighted by molar-refractivity contribution is 7.17. The summed E-state index contributed by atoms with van der Waals surface area (Å²) in [6.07, 6.45) is 2.13. The number of aryl methyl sites for hydroxylation is 1. The molecule has 2 heterocycles. The van der Waals surface area contributed by atoms with Crippen LogP contribution in [0.4, 0.5) is 15.8 Å². The van der Waals surface area contributed by atoms with Gasteiger partial charge in [-0.15, -0.1) is 11.3 Å². The molecule has 4 aromatic rings. The number of aromatic nitrogens is 2. The Labute approximate surface area is 211 Å². The molecule has 0 atom stereocenters. The van der Waals surface area contributed by atoms with Crippen LogP contribution in [0.3, 0.4) is 0 Å². The second kappa shape index (κ2) is 11.7.